The van der Waals surface area contributed by atoms with E-state index in [1.165, 1.54) is 9.80 Å². The Hall–Kier alpha value is -3.38. The molecule has 51 heavy (non-hydrogen) atoms. The number of hydrogen-bond donors (Lipinski definition) is 0. The molecule has 7 rings (SSSR count). The predicted octanol–water partition coefficient (Wildman–Crippen LogP) is 4.17. The van der Waals surface area contributed by atoms with Gasteiger partial charge in [-0.05, 0) is 94.3 Å². The lowest BCUT2D eigenvalue weighted by Gasteiger charge is -2.17. The molecule has 5 aliphatic carbocycles. The highest BCUT2D eigenvalue weighted by atomic mass is 16.7. The second kappa shape index (κ2) is 15.3. The van der Waals surface area contributed by atoms with Gasteiger partial charge in [-0.2, -0.15) is 0 Å². The second-order valence-electron chi connectivity index (χ2n) is 15.6. The first kappa shape index (κ1) is 36.0. The van der Waals surface area contributed by atoms with Gasteiger partial charge in [0.15, 0.2) is 12.6 Å². The molecule has 5 fully saturated rings. The summed E-state index contributed by atoms with van der Waals surface area (Å²) in [5.41, 5.74) is 0. The molecule has 3 saturated carbocycles. The minimum atomic E-state index is -0.671. The maximum Gasteiger partial charge on any atom is 0.308 e. The van der Waals surface area contributed by atoms with Crippen LogP contribution in [0, 0.1) is 59.2 Å². The van der Waals surface area contributed by atoms with Gasteiger partial charge in [0, 0.05) is 25.9 Å². The van der Waals surface area contributed by atoms with Crippen molar-refractivity contribution in [1.29, 1.82) is 0 Å². The Morgan fingerprint density at radius 2 is 1.06 bits per heavy atom. The van der Waals surface area contributed by atoms with Crippen LogP contribution in [0.15, 0.2) is 24.3 Å². The summed E-state index contributed by atoms with van der Waals surface area (Å²) in [4.78, 5) is 78.7. The number of likely N-dealkylation sites (tertiary alicyclic amines) is 2. The minimum absolute atomic E-state index is 0.000944. The lowest BCUT2D eigenvalue weighted by molar-refractivity contribution is -0.178. The summed E-state index contributed by atoms with van der Waals surface area (Å²) in [5, 5.41) is 0. The molecule has 0 spiro atoms. The standard InChI is InChI=1S/C39H52N2O10/c1-22(50-28(42)11-5-3-7-17-40-36(44)30-24-13-14-25(21-24)31(30)37(40)45)48-19-9-10-20-49-23(2)51-29(43)12-6-4-8-18-41-38(46)34-27-16-15-26-32(27)33(26)35(34)39(41)47/h13-16,22-27,30-35H,3-12,17-21H2,1-2H3. The summed E-state index contributed by atoms with van der Waals surface area (Å²) in [6, 6.07) is 0. The summed E-state index contributed by atoms with van der Waals surface area (Å²) in [6.07, 6.45) is 14.0. The number of allylic oxidation sites excluding steroid dienone is 4. The van der Waals surface area contributed by atoms with Gasteiger partial charge in [-0.1, -0.05) is 37.1 Å². The quantitative estimate of drug-likeness (QED) is 0.0560. The summed E-state index contributed by atoms with van der Waals surface area (Å²) in [6.45, 7) is 4.98. The molecule has 12 heteroatoms. The number of esters is 2. The molecule has 0 aromatic heterocycles. The lowest BCUT2D eigenvalue weighted by atomic mass is 9.85. The van der Waals surface area contributed by atoms with Gasteiger partial charge >= 0.3 is 11.9 Å². The van der Waals surface area contributed by atoms with Crippen molar-refractivity contribution >= 4 is 35.6 Å². The van der Waals surface area contributed by atoms with Crippen LogP contribution in [0.1, 0.15) is 84.5 Å². The number of amides is 4. The summed E-state index contributed by atoms with van der Waals surface area (Å²) in [7, 11) is 0. The predicted molar refractivity (Wildman–Crippen MR) is 180 cm³/mol. The van der Waals surface area contributed by atoms with E-state index < -0.39 is 12.6 Å². The molecule has 0 N–H and O–H groups in total. The summed E-state index contributed by atoms with van der Waals surface area (Å²) >= 11 is 0. The highest BCUT2D eigenvalue weighted by molar-refractivity contribution is 6.07. The fourth-order valence-electron chi connectivity index (χ4n) is 10.1. The number of carbonyl (C=O) groups is 6. The number of unbranched alkanes of at least 4 members (excludes halogenated alkanes) is 5. The van der Waals surface area contributed by atoms with Crippen molar-refractivity contribution in [3.05, 3.63) is 24.3 Å². The van der Waals surface area contributed by atoms with E-state index in [2.05, 4.69) is 24.3 Å². The second-order valence-corrected chi connectivity index (χ2v) is 15.6. The molecule has 2 aliphatic heterocycles. The average molecular weight is 709 g/mol. The van der Waals surface area contributed by atoms with Gasteiger partial charge in [0.1, 0.15) is 0 Å². The Morgan fingerprint density at radius 3 is 1.59 bits per heavy atom. The molecule has 0 aromatic rings. The molecule has 12 unspecified atom stereocenters. The maximum atomic E-state index is 12.9. The Bertz CT molecular complexity index is 1430. The van der Waals surface area contributed by atoms with Gasteiger partial charge in [0.05, 0.1) is 36.9 Å². The zero-order valence-corrected chi connectivity index (χ0v) is 29.8. The number of imide groups is 2. The number of rotatable bonds is 21. The van der Waals surface area contributed by atoms with Crippen LogP contribution in [0.3, 0.4) is 0 Å². The van der Waals surface area contributed by atoms with Gasteiger partial charge < -0.3 is 18.9 Å². The van der Waals surface area contributed by atoms with Crippen LogP contribution in [0.2, 0.25) is 0 Å². The van der Waals surface area contributed by atoms with Crippen LogP contribution >= 0.6 is 0 Å². The van der Waals surface area contributed by atoms with E-state index in [1.54, 1.807) is 13.8 Å². The van der Waals surface area contributed by atoms with Gasteiger partial charge in [-0.15, -0.1) is 0 Å². The molecule has 0 radical (unpaired) electrons. The van der Waals surface area contributed by atoms with Crippen LogP contribution in [0.5, 0.6) is 0 Å². The topological polar surface area (TPSA) is 146 Å². The monoisotopic (exact) mass is 708 g/mol. The molecule has 4 amide bonds. The first-order valence-electron chi connectivity index (χ1n) is 19.3. The average Bonchev–Trinajstić information content (AvgIpc) is 3.67. The van der Waals surface area contributed by atoms with E-state index in [0.29, 0.717) is 82.6 Å². The van der Waals surface area contributed by atoms with Crippen LogP contribution in [-0.2, 0) is 47.7 Å². The minimum Gasteiger partial charge on any atom is -0.436 e. The van der Waals surface area contributed by atoms with Gasteiger partial charge in [0.25, 0.3) is 0 Å². The van der Waals surface area contributed by atoms with Crippen LogP contribution in [-0.4, -0.2) is 84.3 Å². The van der Waals surface area contributed by atoms with Crippen molar-refractivity contribution < 1.29 is 47.7 Å². The fraction of sp³-hybridized carbons (Fsp3) is 0.744. The smallest absolute Gasteiger partial charge is 0.308 e. The Labute approximate surface area is 299 Å². The normalized spacial score (nSPS) is 34.4. The SMILES string of the molecule is CC(OCCCCOC(C)OC(=O)CCCCCN1C(=O)C2C3C=CC4C3C4C2C1=O)OC(=O)CCCCCN1C(=O)C2C3C=CC(C3)C2C1=O. The van der Waals surface area contributed by atoms with Crippen molar-refractivity contribution in [2.24, 2.45) is 59.2 Å². The van der Waals surface area contributed by atoms with Gasteiger partial charge in [-0.25, -0.2) is 0 Å². The number of ether oxygens (including phenoxy) is 4. The first-order chi connectivity index (χ1) is 24.7. The molecule has 2 saturated heterocycles. The number of nitrogens with zero attached hydrogens (tertiary/aromatic N) is 2. The number of carbonyl (C=O) groups excluding carboxylic acids is 6. The lowest BCUT2D eigenvalue weighted by Crippen LogP contribution is -2.33. The highest BCUT2D eigenvalue weighted by Gasteiger charge is 2.74. The van der Waals surface area contributed by atoms with Crippen LogP contribution < -0.4 is 0 Å². The molecule has 278 valence electrons. The molecule has 7 aliphatic rings. The summed E-state index contributed by atoms with van der Waals surface area (Å²) < 4.78 is 21.9. The van der Waals surface area contributed by atoms with Crippen molar-refractivity contribution in [3.63, 3.8) is 0 Å². The van der Waals surface area contributed by atoms with Crippen LogP contribution in [0.25, 0.3) is 0 Å². The zero-order chi connectivity index (χ0) is 35.8. The van der Waals surface area contributed by atoms with Crippen molar-refractivity contribution in [2.75, 3.05) is 26.3 Å². The van der Waals surface area contributed by atoms with Crippen molar-refractivity contribution in [3.8, 4) is 0 Å². The first-order valence-corrected chi connectivity index (χ1v) is 19.3. The van der Waals surface area contributed by atoms with E-state index in [-0.39, 0.29) is 89.8 Å². The van der Waals surface area contributed by atoms with E-state index in [9.17, 15) is 28.8 Å². The maximum absolute atomic E-state index is 12.9. The highest BCUT2D eigenvalue weighted by Crippen LogP contribution is 2.71. The van der Waals surface area contributed by atoms with Crippen LogP contribution in [0.4, 0.5) is 0 Å². The third kappa shape index (κ3) is 7.19. The molecule has 12 atom stereocenters. The van der Waals surface area contributed by atoms with E-state index >= 15 is 0 Å². The Balaban J connectivity index is 0.651. The third-order valence-electron chi connectivity index (χ3n) is 12.4. The third-order valence-corrected chi connectivity index (χ3v) is 12.4. The fourth-order valence-corrected chi connectivity index (χ4v) is 10.1. The van der Waals surface area contributed by atoms with Crippen molar-refractivity contribution in [2.45, 2.75) is 97.1 Å². The largest absolute Gasteiger partial charge is 0.436 e. The number of fused-ring (bicyclic) bond motifs is 9. The van der Waals surface area contributed by atoms with E-state index in [0.717, 1.165) is 19.3 Å². The zero-order valence-electron chi connectivity index (χ0n) is 29.8. The molecule has 2 heterocycles. The Morgan fingerprint density at radius 1 is 0.588 bits per heavy atom. The number of hydrogen-bond acceptors (Lipinski definition) is 10. The molecule has 0 aromatic carbocycles. The van der Waals surface area contributed by atoms with Gasteiger partial charge in [-0.3, -0.25) is 38.6 Å². The van der Waals surface area contributed by atoms with Crippen molar-refractivity contribution in [1.82, 2.24) is 9.80 Å². The molecular weight excluding hydrogens is 656 g/mol. The van der Waals surface area contributed by atoms with Gasteiger partial charge in [0.2, 0.25) is 23.6 Å². The molecule has 12 nitrogen and oxygen atoms in total. The molecular formula is C39H52N2O10. The van der Waals surface area contributed by atoms with E-state index in [1.807, 2.05) is 0 Å². The van der Waals surface area contributed by atoms with E-state index in [4.69, 9.17) is 18.9 Å². The molecule has 2 bridgehead atoms. The Kier molecular flexibility index (Phi) is 10.8. The summed E-state index contributed by atoms with van der Waals surface area (Å²) in [5.74, 6) is 0.857.